The molecule has 0 saturated heterocycles. The van der Waals surface area contributed by atoms with Crippen molar-refractivity contribution >= 4 is 44.6 Å². The van der Waals surface area contributed by atoms with Crippen molar-refractivity contribution in [3.63, 3.8) is 0 Å². The van der Waals surface area contributed by atoms with Crippen LogP contribution in [0.3, 0.4) is 0 Å². The summed E-state index contributed by atoms with van der Waals surface area (Å²) in [7, 11) is 0. The Morgan fingerprint density at radius 3 is 2.93 bits per heavy atom. The summed E-state index contributed by atoms with van der Waals surface area (Å²) >= 11 is 3.27. The SMILES string of the molecule is O=C(CN(C(=O)Cn1ccc2cncnc21)C1CC1)Nc1cccc(Br)n1. The van der Waals surface area contributed by atoms with Crippen LogP contribution in [0.25, 0.3) is 11.0 Å². The number of amides is 2. The van der Waals surface area contributed by atoms with Crippen molar-refractivity contribution in [3.05, 3.63) is 47.6 Å². The van der Waals surface area contributed by atoms with Crippen molar-refractivity contribution in [2.45, 2.75) is 25.4 Å². The van der Waals surface area contributed by atoms with Crippen molar-refractivity contribution in [2.75, 3.05) is 11.9 Å². The van der Waals surface area contributed by atoms with Gasteiger partial charge < -0.3 is 14.8 Å². The zero-order valence-electron chi connectivity index (χ0n) is 14.4. The third-order valence-electron chi connectivity index (χ3n) is 4.33. The Hall–Kier alpha value is -2.81. The Bertz CT molecular complexity index is 1000. The highest BCUT2D eigenvalue weighted by molar-refractivity contribution is 9.10. The average Bonchev–Trinajstić information content (AvgIpc) is 3.41. The first-order chi connectivity index (χ1) is 13.1. The summed E-state index contributed by atoms with van der Waals surface area (Å²) in [5, 5.41) is 3.61. The predicted molar refractivity (Wildman–Crippen MR) is 103 cm³/mol. The van der Waals surface area contributed by atoms with Crippen molar-refractivity contribution in [1.82, 2.24) is 24.4 Å². The van der Waals surface area contributed by atoms with Crippen LogP contribution in [-0.4, -0.2) is 48.8 Å². The topological polar surface area (TPSA) is 93.0 Å². The van der Waals surface area contributed by atoms with Crippen molar-refractivity contribution in [2.24, 2.45) is 0 Å². The Morgan fingerprint density at radius 2 is 2.15 bits per heavy atom. The molecule has 1 aliphatic rings. The van der Waals surface area contributed by atoms with E-state index >= 15 is 0 Å². The van der Waals surface area contributed by atoms with Gasteiger partial charge in [-0.1, -0.05) is 6.07 Å². The maximum absolute atomic E-state index is 12.8. The lowest BCUT2D eigenvalue weighted by molar-refractivity contribution is -0.135. The fourth-order valence-corrected chi connectivity index (χ4v) is 3.26. The molecule has 0 aliphatic heterocycles. The molecule has 0 unspecified atom stereocenters. The highest BCUT2D eigenvalue weighted by atomic mass is 79.9. The van der Waals surface area contributed by atoms with Gasteiger partial charge >= 0.3 is 0 Å². The number of carbonyl (C=O) groups excluding carboxylic acids is 2. The van der Waals surface area contributed by atoms with Gasteiger partial charge in [-0.15, -0.1) is 0 Å². The van der Waals surface area contributed by atoms with Crippen LogP contribution in [0.5, 0.6) is 0 Å². The van der Waals surface area contributed by atoms with E-state index in [1.807, 2.05) is 12.3 Å². The van der Waals surface area contributed by atoms with Crippen LogP contribution in [0.2, 0.25) is 0 Å². The van der Waals surface area contributed by atoms with Gasteiger partial charge in [-0.05, 0) is 47.0 Å². The number of halogens is 1. The number of fused-ring (bicyclic) bond motifs is 1. The highest BCUT2D eigenvalue weighted by Gasteiger charge is 2.34. The highest BCUT2D eigenvalue weighted by Crippen LogP contribution is 2.27. The number of rotatable bonds is 6. The third kappa shape index (κ3) is 4.13. The summed E-state index contributed by atoms with van der Waals surface area (Å²) in [5.41, 5.74) is 0.705. The molecule has 8 nitrogen and oxygen atoms in total. The van der Waals surface area contributed by atoms with Gasteiger partial charge in [-0.2, -0.15) is 0 Å². The van der Waals surface area contributed by atoms with Crippen LogP contribution in [0.4, 0.5) is 5.82 Å². The van der Waals surface area contributed by atoms with Gasteiger partial charge in [0, 0.05) is 23.8 Å². The molecule has 2 amide bonds. The molecule has 3 heterocycles. The van der Waals surface area contributed by atoms with Crippen LogP contribution in [0.1, 0.15) is 12.8 Å². The number of pyridine rings is 1. The Balaban J connectivity index is 1.44. The second kappa shape index (κ2) is 7.43. The Kier molecular flexibility index (Phi) is 4.85. The van der Waals surface area contributed by atoms with E-state index in [1.54, 1.807) is 33.9 Å². The molecule has 3 aromatic heterocycles. The van der Waals surface area contributed by atoms with Crippen molar-refractivity contribution in [1.29, 1.82) is 0 Å². The first-order valence-electron chi connectivity index (χ1n) is 8.57. The van der Waals surface area contributed by atoms with Gasteiger partial charge in [-0.25, -0.2) is 15.0 Å². The number of anilines is 1. The summed E-state index contributed by atoms with van der Waals surface area (Å²) < 4.78 is 2.42. The van der Waals surface area contributed by atoms with E-state index in [9.17, 15) is 9.59 Å². The number of hydrogen-bond acceptors (Lipinski definition) is 5. The average molecular weight is 429 g/mol. The first-order valence-corrected chi connectivity index (χ1v) is 9.36. The fraction of sp³-hybridized carbons (Fsp3) is 0.278. The molecule has 27 heavy (non-hydrogen) atoms. The normalized spacial score (nSPS) is 13.5. The largest absolute Gasteiger partial charge is 0.329 e. The fourth-order valence-electron chi connectivity index (χ4n) is 2.92. The van der Waals surface area contributed by atoms with Crippen molar-refractivity contribution in [3.8, 4) is 0 Å². The van der Waals surface area contributed by atoms with E-state index in [1.165, 1.54) is 6.33 Å². The molecule has 0 aromatic carbocycles. The van der Waals surface area contributed by atoms with Gasteiger partial charge in [0.1, 0.15) is 35.5 Å². The summed E-state index contributed by atoms with van der Waals surface area (Å²) in [6, 6.07) is 7.26. The predicted octanol–water partition coefficient (Wildman–Crippen LogP) is 2.22. The molecule has 0 spiro atoms. The van der Waals surface area contributed by atoms with Gasteiger partial charge in [0.15, 0.2) is 0 Å². The molecule has 1 aliphatic carbocycles. The van der Waals surface area contributed by atoms with E-state index in [0.717, 1.165) is 18.2 Å². The third-order valence-corrected chi connectivity index (χ3v) is 4.78. The molecule has 1 fully saturated rings. The maximum Gasteiger partial charge on any atom is 0.245 e. The Morgan fingerprint density at radius 1 is 1.30 bits per heavy atom. The molecule has 0 atom stereocenters. The minimum atomic E-state index is -0.263. The van der Waals surface area contributed by atoms with Crippen molar-refractivity contribution < 1.29 is 9.59 Å². The zero-order chi connectivity index (χ0) is 18.8. The van der Waals surface area contributed by atoms with E-state index < -0.39 is 0 Å². The molecule has 9 heteroatoms. The van der Waals surface area contributed by atoms with E-state index in [2.05, 4.69) is 36.2 Å². The quantitative estimate of drug-likeness (QED) is 0.607. The molecular formula is C18H17BrN6O2. The molecule has 4 rings (SSSR count). The number of aromatic nitrogens is 4. The zero-order valence-corrected chi connectivity index (χ0v) is 16.0. The lowest BCUT2D eigenvalue weighted by Crippen LogP contribution is -2.41. The van der Waals surface area contributed by atoms with Crippen LogP contribution >= 0.6 is 15.9 Å². The monoisotopic (exact) mass is 428 g/mol. The maximum atomic E-state index is 12.8. The Labute approximate surface area is 163 Å². The molecule has 3 aromatic rings. The number of nitrogens with zero attached hydrogens (tertiary/aromatic N) is 5. The van der Waals surface area contributed by atoms with E-state index in [4.69, 9.17) is 0 Å². The lowest BCUT2D eigenvalue weighted by Gasteiger charge is -2.22. The summed E-state index contributed by atoms with van der Waals surface area (Å²) in [5.74, 6) is 0.0807. The summed E-state index contributed by atoms with van der Waals surface area (Å²) in [6.07, 6.45) is 6.82. The number of carbonyl (C=O) groups is 2. The van der Waals surface area contributed by atoms with Crippen LogP contribution in [0, 0.1) is 0 Å². The first kappa shape index (κ1) is 17.6. The molecule has 0 bridgehead atoms. The summed E-state index contributed by atoms with van der Waals surface area (Å²) in [4.78, 5) is 39.3. The lowest BCUT2D eigenvalue weighted by atomic mass is 10.3. The van der Waals surface area contributed by atoms with Crippen LogP contribution in [0.15, 0.2) is 47.6 Å². The standard InChI is InChI=1S/C18H17BrN6O2/c19-14-2-1-3-15(22-14)23-16(26)9-25(13-4-5-13)17(27)10-24-7-6-12-8-20-11-21-18(12)24/h1-3,6-8,11,13H,4-5,9-10H2,(H,22,23,26). The minimum Gasteiger partial charge on any atom is -0.329 e. The molecule has 138 valence electrons. The van der Waals surface area contributed by atoms with Gasteiger partial charge in [0.05, 0.1) is 0 Å². The molecular weight excluding hydrogens is 412 g/mol. The molecule has 1 N–H and O–H groups in total. The smallest absolute Gasteiger partial charge is 0.245 e. The second-order valence-electron chi connectivity index (χ2n) is 6.39. The van der Waals surface area contributed by atoms with E-state index in [0.29, 0.717) is 16.1 Å². The van der Waals surface area contributed by atoms with Gasteiger partial charge in [0.2, 0.25) is 11.8 Å². The molecule has 1 saturated carbocycles. The number of hydrogen-bond donors (Lipinski definition) is 1. The van der Waals surface area contributed by atoms with Gasteiger partial charge in [0.25, 0.3) is 0 Å². The van der Waals surface area contributed by atoms with Gasteiger partial charge in [-0.3, -0.25) is 9.59 Å². The number of nitrogens with one attached hydrogen (secondary N) is 1. The van der Waals surface area contributed by atoms with Crippen LogP contribution < -0.4 is 5.32 Å². The van der Waals surface area contributed by atoms with E-state index in [-0.39, 0.29) is 30.9 Å². The second-order valence-corrected chi connectivity index (χ2v) is 7.20. The minimum absolute atomic E-state index is 0.00583. The van der Waals surface area contributed by atoms with Crippen LogP contribution in [-0.2, 0) is 16.1 Å². The summed E-state index contributed by atoms with van der Waals surface area (Å²) in [6.45, 7) is 0.144. The molecule has 0 radical (unpaired) electrons.